The molecule has 0 saturated heterocycles. The van der Waals surface area contributed by atoms with E-state index in [1.165, 1.54) is 0 Å². The number of benzene rings is 2. The van der Waals surface area contributed by atoms with Crippen LogP contribution in [0.4, 0.5) is 0 Å². The molecule has 1 heterocycles. The van der Waals surface area contributed by atoms with Crippen LogP contribution >= 0.6 is 11.6 Å². The van der Waals surface area contributed by atoms with E-state index in [-0.39, 0.29) is 24.3 Å². The molecule has 0 fully saturated rings. The molecule has 2 aromatic rings. The number of carbonyl (C=O) groups is 2. The van der Waals surface area contributed by atoms with Crippen LogP contribution in [0.1, 0.15) is 44.7 Å². The minimum absolute atomic E-state index is 0.0511. The molecule has 0 saturated carbocycles. The topological polar surface area (TPSA) is 67.9 Å². The fraction of sp³-hybridized carbons (Fsp3) is 0.440. The standard InChI is InChI=1S/C25H31ClN2O4/c1-4-17(2)27-25(30)18(3)28(16-20-5-9-21(26)10-6-20)24(29)12-8-19-7-11-22-23(15-19)32-14-13-31-22/h5-7,9-11,15,17-18H,4,8,12-14,16H2,1-3H3,(H,27,30). The Morgan fingerprint density at radius 1 is 1.03 bits per heavy atom. The Hall–Kier alpha value is -2.73. The highest BCUT2D eigenvalue weighted by molar-refractivity contribution is 6.30. The molecule has 1 N–H and O–H groups in total. The van der Waals surface area contributed by atoms with Crippen LogP contribution in [0.5, 0.6) is 11.5 Å². The molecule has 0 bridgehead atoms. The maximum atomic E-state index is 13.2. The molecule has 2 amide bonds. The average molecular weight is 459 g/mol. The summed E-state index contributed by atoms with van der Waals surface area (Å²) in [6.07, 6.45) is 1.66. The Balaban J connectivity index is 1.71. The summed E-state index contributed by atoms with van der Waals surface area (Å²) >= 11 is 6.00. The Bertz CT molecular complexity index is 932. The van der Waals surface area contributed by atoms with Crippen LogP contribution in [-0.4, -0.2) is 42.0 Å². The molecule has 2 atom stereocenters. The van der Waals surface area contributed by atoms with Crippen molar-refractivity contribution in [2.45, 2.75) is 58.7 Å². The summed E-state index contributed by atoms with van der Waals surface area (Å²) < 4.78 is 11.2. The van der Waals surface area contributed by atoms with Gasteiger partial charge in [0.2, 0.25) is 11.8 Å². The van der Waals surface area contributed by atoms with E-state index in [9.17, 15) is 9.59 Å². The van der Waals surface area contributed by atoms with E-state index in [2.05, 4.69) is 5.32 Å². The van der Waals surface area contributed by atoms with Gasteiger partial charge in [0, 0.05) is 24.0 Å². The van der Waals surface area contributed by atoms with E-state index in [0.29, 0.717) is 37.0 Å². The second kappa shape index (κ2) is 11.2. The van der Waals surface area contributed by atoms with Crippen LogP contribution in [0.2, 0.25) is 5.02 Å². The van der Waals surface area contributed by atoms with Crippen molar-refractivity contribution in [1.82, 2.24) is 10.2 Å². The molecule has 172 valence electrons. The number of rotatable bonds is 9. The van der Waals surface area contributed by atoms with Gasteiger partial charge in [0.25, 0.3) is 0 Å². The molecule has 1 aliphatic heterocycles. The third-order valence-corrected chi connectivity index (χ3v) is 5.92. The number of hydrogen-bond acceptors (Lipinski definition) is 4. The first-order valence-corrected chi connectivity index (χ1v) is 11.5. The van der Waals surface area contributed by atoms with Crippen molar-refractivity contribution in [1.29, 1.82) is 0 Å². The molecule has 1 aliphatic rings. The Morgan fingerprint density at radius 3 is 2.38 bits per heavy atom. The van der Waals surface area contributed by atoms with Gasteiger partial charge in [-0.3, -0.25) is 9.59 Å². The van der Waals surface area contributed by atoms with E-state index in [1.807, 2.05) is 44.2 Å². The number of nitrogens with zero attached hydrogens (tertiary/aromatic N) is 1. The van der Waals surface area contributed by atoms with Gasteiger partial charge in [-0.1, -0.05) is 36.7 Å². The summed E-state index contributed by atoms with van der Waals surface area (Å²) in [5, 5.41) is 3.62. The smallest absolute Gasteiger partial charge is 0.242 e. The van der Waals surface area contributed by atoms with Crippen molar-refractivity contribution in [3.05, 3.63) is 58.6 Å². The van der Waals surface area contributed by atoms with Crippen LogP contribution in [0, 0.1) is 0 Å². The maximum absolute atomic E-state index is 13.2. The predicted molar refractivity (Wildman–Crippen MR) is 125 cm³/mol. The lowest BCUT2D eigenvalue weighted by atomic mass is 10.1. The molecule has 0 radical (unpaired) electrons. The highest BCUT2D eigenvalue weighted by Gasteiger charge is 2.26. The summed E-state index contributed by atoms with van der Waals surface area (Å²) in [4.78, 5) is 27.7. The third kappa shape index (κ3) is 6.39. The maximum Gasteiger partial charge on any atom is 0.242 e. The summed E-state index contributed by atoms with van der Waals surface area (Å²) in [5.74, 6) is 1.20. The lowest BCUT2D eigenvalue weighted by molar-refractivity contribution is -0.140. The van der Waals surface area contributed by atoms with Crippen molar-refractivity contribution < 1.29 is 19.1 Å². The van der Waals surface area contributed by atoms with Crippen molar-refractivity contribution >= 4 is 23.4 Å². The van der Waals surface area contributed by atoms with Crippen molar-refractivity contribution in [3.8, 4) is 11.5 Å². The number of hydrogen-bond donors (Lipinski definition) is 1. The number of ether oxygens (including phenoxy) is 2. The van der Waals surface area contributed by atoms with Crippen LogP contribution in [0.15, 0.2) is 42.5 Å². The molecule has 6 nitrogen and oxygen atoms in total. The van der Waals surface area contributed by atoms with Gasteiger partial charge in [-0.05, 0) is 62.1 Å². The second-order valence-corrected chi connectivity index (χ2v) is 8.56. The number of nitrogens with one attached hydrogen (secondary N) is 1. The average Bonchev–Trinajstić information content (AvgIpc) is 2.81. The van der Waals surface area contributed by atoms with Crippen molar-refractivity contribution in [2.75, 3.05) is 13.2 Å². The molecule has 0 aromatic heterocycles. The zero-order chi connectivity index (χ0) is 23.1. The van der Waals surface area contributed by atoms with E-state index < -0.39 is 6.04 Å². The number of halogens is 1. The van der Waals surface area contributed by atoms with Gasteiger partial charge in [-0.2, -0.15) is 0 Å². The van der Waals surface area contributed by atoms with Gasteiger partial charge < -0.3 is 19.7 Å². The van der Waals surface area contributed by atoms with Crippen LogP contribution < -0.4 is 14.8 Å². The number of aryl methyl sites for hydroxylation is 1. The third-order valence-electron chi connectivity index (χ3n) is 5.67. The Kier molecular flexibility index (Phi) is 8.39. The van der Waals surface area contributed by atoms with E-state index in [1.54, 1.807) is 24.0 Å². The highest BCUT2D eigenvalue weighted by Crippen LogP contribution is 2.31. The largest absolute Gasteiger partial charge is 0.486 e. The van der Waals surface area contributed by atoms with E-state index >= 15 is 0 Å². The Labute approximate surface area is 194 Å². The van der Waals surface area contributed by atoms with E-state index in [4.69, 9.17) is 21.1 Å². The monoisotopic (exact) mass is 458 g/mol. The number of carbonyl (C=O) groups excluding carboxylic acids is 2. The van der Waals surface area contributed by atoms with Crippen molar-refractivity contribution in [3.63, 3.8) is 0 Å². The molecule has 7 heteroatoms. The Morgan fingerprint density at radius 2 is 1.69 bits per heavy atom. The first-order chi connectivity index (χ1) is 15.4. The van der Waals surface area contributed by atoms with Gasteiger partial charge in [-0.15, -0.1) is 0 Å². The van der Waals surface area contributed by atoms with Crippen LogP contribution in [0.25, 0.3) is 0 Å². The molecule has 3 rings (SSSR count). The first-order valence-electron chi connectivity index (χ1n) is 11.1. The lowest BCUT2D eigenvalue weighted by Gasteiger charge is -2.30. The van der Waals surface area contributed by atoms with Crippen LogP contribution in [-0.2, 0) is 22.6 Å². The first kappa shape index (κ1) is 23.9. The zero-order valence-corrected chi connectivity index (χ0v) is 19.7. The minimum Gasteiger partial charge on any atom is -0.486 e. The van der Waals surface area contributed by atoms with Crippen LogP contribution in [0.3, 0.4) is 0 Å². The zero-order valence-electron chi connectivity index (χ0n) is 18.9. The minimum atomic E-state index is -0.590. The van der Waals surface area contributed by atoms with E-state index in [0.717, 1.165) is 23.3 Å². The number of fused-ring (bicyclic) bond motifs is 1. The fourth-order valence-electron chi connectivity index (χ4n) is 3.47. The normalized spacial score (nSPS) is 14.4. The van der Waals surface area contributed by atoms with Gasteiger partial charge >= 0.3 is 0 Å². The predicted octanol–water partition coefficient (Wildman–Crippen LogP) is 4.38. The summed E-state index contributed by atoms with van der Waals surface area (Å²) in [5.41, 5.74) is 1.91. The molecule has 0 aliphatic carbocycles. The van der Waals surface area contributed by atoms with Gasteiger partial charge in [0.05, 0.1) is 0 Å². The summed E-state index contributed by atoms with van der Waals surface area (Å²) in [6.45, 7) is 7.15. The summed E-state index contributed by atoms with van der Waals surface area (Å²) in [6, 6.07) is 12.5. The van der Waals surface area contributed by atoms with Crippen molar-refractivity contribution in [2.24, 2.45) is 0 Å². The number of amides is 2. The fourth-order valence-corrected chi connectivity index (χ4v) is 3.60. The quantitative estimate of drug-likeness (QED) is 0.605. The molecule has 0 spiro atoms. The molecular formula is C25H31ClN2O4. The molecule has 32 heavy (non-hydrogen) atoms. The molecule has 2 aromatic carbocycles. The van der Waals surface area contributed by atoms with Gasteiger partial charge in [0.1, 0.15) is 19.3 Å². The molecular weight excluding hydrogens is 428 g/mol. The summed E-state index contributed by atoms with van der Waals surface area (Å²) in [7, 11) is 0. The second-order valence-electron chi connectivity index (χ2n) is 8.12. The van der Waals surface area contributed by atoms with Gasteiger partial charge in [0.15, 0.2) is 11.5 Å². The lowest BCUT2D eigenvalue weighted by Crippen LogP contribution is -2.49. The SMILES string of the molecule is CCC(C)NC(=O)C(C)N(Cc1ccc(Cl)cc1)C(=O)CCc1ccc2c(c1)OCCO2. The molecule has 2 unspecified atom stereocenters. The highest BCUT2D eigenvalue weighted by atomic mass is 35.5. The van der Waals surface area contributed by atoms with Gasteiger partial charge in [-0.25, -0.2) is 0 Å².